The van der Waals surface area contributed by atoms with Gasteiger partial charge in [0.05, 0.1) is 8.95 Å². The van der Waals surface area contributed by atoms with Crippen molar-refractivity contribution in [2.24, 2.45) is 0 Å². The molecule has 3 aromatic rings. The summed E-state index contributed by atoms with van der Waals surface area (Å²) in [7, 11) is 0. The maximum absolute atomic E-state index is 12.3. The predicted molar refractivity (Wildman–Crippen MR) is 83.2 cm³/mol. The Balaban J connectivity index is 2.15. The van der Waals surface area contributed by atoms with Gasteiger partial charge >= 0.3 is 0 Å². The number of aromatic hydroxyl groups is 1. The summed E-state index contributed by atoms with van der Waals surface area (Å²) in [5.74, 6) is 0.130. The number of hydrogen-bond donors (Lipinski definition) is 1. The molecule has 0 radical (unpaired) electrons. The average Bonchev–Trinajstić information content (AvgIpc) is 2.89. The zero-order valence-electron chi connectivity index (χ0n) is 10.1. The van der Waals surface area contributed by atoms with E-state index in [-0.39, 0.29) is 17.3 Å². The number of phenols is 1. The van der Waals surface area contributed by atoms with Gasteiger partial charge in [-0.3, -0.25) is 4.79 Å². The number of benzene rings is 2. The molecule has 0 saturated carbocycles. The normalized spacial score (nSPS) is 10.9. The molecule has 0 bridgehead atoms. The Labute approximate surface area is 131 Å². The van der Waals surface area contributed by atoms with Gasteiger partial charge < -0.3 is 9.52 Å². The quantitative estimate of drug-likeness (QED) is 0.628. The second-order valence-corrected chi connectivity index (χ2v) is 5.89. The van der Waals surface area contributed by atoms with E-state index in [0.29, 0.717) is 25.5 Å². The lowest BCUT2D eigenvalue weighted by molar-refractivity contribution is 0.101. The highest BCUT2D eigenvalue weighted by molar-refractivity contribution is 9.11. The molecule has 20 heavy (non-hydrogen) atoms. The summed E-state index contributed by atoms with van der Waals surface area (Å²) in [6, 6.07) is 12.2. The fraction of sp³-hybridized carbons (Fsp3) is 0. The van der Waals surface area contributed by atoms with Gasteiger partial charge in [0.2, 0.25) is 5.78 Å². The van der Waals surface area contributed by atoms with Crippen LogP contribution < -0.4 is 0 Å². The molecule has 1 N–H and O–H groups in total. The summed E-state index contributed by atoms with van der Waals surface area (Å²) in [5, 5.41) is 10.5. The summed E-state index contributed by atoms with van der Waals surface area (Å²) >= 11 is 6.53. The van der Waals surface area contributed by atoms with Gasteiger partial charge in [-0.25, -0.2) is 0 Å². The number of phenolic OH excluding ortho intramolecular Hbond substituents is 1. The number of ketones is 1. The predicted octanol–water partition coefficient (Wildman–Crippen LogP) is 4.89. The largest absolute Gasteiger partial charge is 0.506 e. The molecule has 5 heteroatoms. The Bertz CT molecular complexity index is 807. The Hall–Kier alpha value is -1.59. The highest BCUT2D eigenvalue weighted by Gasteiger charge is 2.18. The van der Waals surface area contributed by atoms with Gasteiger partial charge in [-0.05, 0) is 44.0 Å². The first kappa shape index (κ1) is 13.4. The zero-order chi connectivity index (χ0) is 14.3. The topological polar surface area (TPSA) is 50.4 Å². The lowest BCUT2D eigenvalue weighted by atomic mass is 10.1. The summed E-state index contributed by atoms with van der Waals surface area (Å²) in [4.78, 5) is 12.3. The van der Waals surface area contributed by atoms with Crippen LogP contribution in [-0.4, -0.2) is 10.9 Å². The number of hydrogen-bond acceptors (Lipinski definition) is 3. The molecule has 0 spiro atoms. The van der Waals surface area contributed by atoms with E-state index >= 15 is 0 Å². The molecule has 1 heterocycles. The molecule has 100 valence electrons. The van der Waals surface area contributed by atoms with E-state index in [1.165, 1.54) is 0 Å². The van der Waals surface area contributed by atoms with Gasteiger partial charge in [0.25, 0.3) is 0 Å². The Morgan fingerprint density at radius 3 is 2.50 bits per heavy atom. The number of fused-ring (bicyclic) bond motifs is 1. The van der Waals surface area contributed by atoms with E-state index in [1.54, 1.807) is 36.4 Å². The molecule has 0 unspecified atom stereocenters. The molecular formula is C15H8Br2O3. The minimum Gasteiger partial charge on any atom is -0.506 e. The standard InChI is InChI=1S/C15H8Br2O3/c16-10-7-11-9(13(17)15(10)19)6-12(20-11)14(18)8-4-2-1-3-5-8/h1-7,19H. The molecule has 2 aromatic carbocycles. The van der Waals surface area contributed by atoms with Crippen LogP contribution in [0.5, 0.6) is 5.75 Å². The molecular weight excluding hydrogens is 388 g/mol. The number of carbonyl (C=O) groups excluding carboxylic acids is 1. The lowest BCUT2D eigenvalue weighted by Gasteiger charge is -1.99. The molecule has 1 aromatic heterocycles. The second-order valence-electron chi connectivity index (χ2n) is 4.24. The number of carbonyl (C=O) groups is 1. The van der Waals surface area contributed by atoms with Gasteiger partial charge in [-0.1, -0.05) is 30.3 Å². The van der Waals surface area contributed by atoms with Crippen molar-refractivity contribution in [1.82, 2.24) is 0 Å². The van der Waals surface area contributed by atoms with Crippen molar-refractivity contribution in [1.29, 1.82) is 0 Å². The van der Waals surface area contributed by atoms with E-state index in [0.717, 1.165) is 0 Å². The number of rotatable bonds is 2. The SMILES string of the molecule is O=C(c1ccccc1)c1cc2c(Br)c(O)c(Br)cc2o1. The summed E-state index contributed by atoms with van der Waals surface area (Å²) in [5.41, 5.74) is 1.09. The summed E-state index contributed by atoms with van der Waals surface area (Å²) in [6.45, 7) is 0. The number of furan rings is 1. The van der Waals surface area contributed by atoms with Gasteiger partial charge in [-0.2, -0.15) is 0 Å². The van der Waals surface area contributed by atoms with Crippen LogP contribution in [0.1, 0.15) is 16.1 Å². The first-order valence-electron chi connectivity index (χ1n) is 5.78. The summed E-state index contributed by atoms with van der Waals surface area (Å²) < 4.78 is 6.58. The van der Waals surface area contributed by atoms with Crippen LogP contribution in [-0.2, 0) is 0 Å². The minimum atomic E-state index is -0.190. The minimum absolute atomic E-state index is 0.0806. The van der Waals surface area contributed by atoms with Crippen molar-refractivity contribution in [3.8, 4) is 5.75 Å². The van der Waals surface area contributed by atoms with E-state index in [2.05, 4.69) is 31.9 Å². The van der Waals surface area contributed by atoms with Crippen molar-refractivity contribution in [2.45, 2.75) is 0 Å². The molecule has 3 rings (SSSR count). The van der Waals surface area contributed by atoms with E-state index in [1.807, 2.05) is 6.07 Å². The third-order valence-electron chi connectivity index (χ3n) is 2.95. The van der Waals surface area contributed by atoms with Gasteiger partial charge in [0, 0.05) is 10.9 Å². The fourth-order valence-electron chi connectivity index (χ4n) is 1.94. The molecule has 0 fully saturated rings. The monoisotopic (exact) mass is 394 g/mol. The van der Waals surface area contributed by atoms with Gasteiger partial charge in [0.15, 0.2) is 5.76 Å². The summed E-state index contributed by atoms with van der Waals surface area (Å²) in [6.07, 6.45) is 0. The van der Waals surface area contributed by atoms with Crippen LogP contribution in [0.2, 0.25) is 0 Å². The van der Waals surface area contributed by atoms with Crippen LogP contribution >= 0.6 is 31.9 Å². The van der Waals surface area contributed by atoms with Crippen molar-refractivity contribution in [3.63, 3.8) is 0 Å². The highest BCUT2D eigenvalue weighted by atomic mass is 79.9. The first-order valence-corrected chi connectivity index (χ1v) is 7.37. The van der Waals surface area contributed by atoms with Gasteiger partial charge in [0.1, 0.15) is 11.3 Å². The zero-order valence-corrected chi connectivity index (χ0v) is 13.2. The van der Waals surface area contributed by atoms with E-state index in [4.69, 9.17) is 4.42 Å². The van der Waals surface area contributed by atoms with Crippen molar-refractivity contribution < 1.29 is 14.3 Å². The number of halogens is 2. The van der Waals surface area contributed by atoms with Crippen molar-refractivity contribution in [2.75, 3.05) is 0 Å². The second kappa shape index (κ2) is 5.07. The molecule has 0 amide bonds. The Kier molecular flexibility index (Phi) is 3.40. The molecule has 0 saturated heterocycles. The van der Waals surface area contributed by atoms with Crippen LogP contribution in [0.15, 0.2) is 55.8 Å². The van der Waals surface area contributed by atoms with Crippen LogP contribution in [0.3, 0.4) is 0 Å². The average molecular weight is 396 g/mol. The fourth-order valence-corrected chi connectivity index (χ4v) is 3.14. The van der Waals surface area contributed by atoms with Crippen LogP contribution in [0.4, 0.5) is 0 Å². The third-order valence-corrected chi connectivity index (χ3v) is 4.36. The first-order chi connectivity index (χ1) is 9.58. The van der Waals surface area contributed by atoms with E-state index < -0.39 is 0 Å². The molecule has 0 atom stereocenters. The molecule has 0 aliphatic carbocycles. The third kappa shape index (κ3) is 2.17. The van der Waals surface area contributed by atoms with Gasteiger partial charge in [-0.15, -0.1) is 0 Å². The Morgan fingerprint density at radius 1 is 1.10 bits per heavy atom. The maximum Gasteiger partial charge on any atom is 0.228 e. The molecule has 3 nitrogen and oxygen atoms in total. The van der Waals surface area contributed by atoms with Crippen molar-refractivity contribution >= 4 is 48.6 Å². The molecule has 0 aliphatic heterocycles. The van der Waals surface area contributed by atoms with Crippen molar-refractivity contribution in [3.05, 3.63) is 62.7 Å². The smallest absolute Gasteiger partial charge is 0.228 e. The lowest BCUT2D eigenvalue weighted by Crippen LogP contribution is -1.98. The highest BCUT2D eigenvalue weighted by Crippen LogP contribution is 2.40. The van der Waals surface area contributed by atoms with E-state index in [9.17, 15) is 9.90 Å². The maximum atomic E-state index is 12.3. The molecule has 0 aliphatic rings. The van der Waals surface area contributed by atoms with Crippen LogP contribution in [0, 0.1) is 0 Å². The Morgan fingerprint density at radius 2 is 1.80 bits per heavy atom. The van der Waals surface area contributed by atoms with Crippen LogP contribution in [0.25, 0.3) is 11.0 Å².